The van der Waals surface area contributed by atoms with E-state index in [9.17, 15) is 4.79 Å². The summed E-state index contributed by atoms with van der Waals surface area (Å²) in [5, 5.41) is 5.03. The first-order valence-electron chi connectivity index (χ1n) is 5.22. The highest BCUT2D eigenvalue weighted by Crippen LogP contribution is 2.22. The summed E-state index contributed by atoms with van der Waals surface area (Å²) >= 11 is 12.0. The quantitative estimate of drug-likeness (QED) is 0.850. The largest absolute Gasteiger partial charge is 0.345 e. The normalized spacial score (nSPS) is 10.4. The monoisotopic (exact) mass is 283 g/mol. The van der Waals surface area contributed by atoms with Gasteiger partial charge in [-0.15, -0.1) is 0 Å². The Morgan fingerprint density at radius 1 is 1.22 bits per heavy atom. The summed E-state index contributed by atoms with van der Waals surface area (Å²) in [5.41, 5.74) is 1.12. The Morgan fingerprint density at radius 2 is 1.83 bits per heavy atom. The zero-order chi connectivity index (χ0) is 13.3. The van der Waals surface area contributed by atoms with E-state index >= 15 is 0 Å². The van der Waals surface area contributed by atoms with Gasteiger partial charge in [-0.25, -0.2) is 4.68 Å². The highest BCUT2D eigenvalue weighted by molar-refractivity contribution is 6.33. The van der Waals surface area contributed by atoms with Gasteiger partial charge >= 0.3 is 0 Å². The lowest BCUT2D eigenvalue weighted by molar-refractivity contribution is 0.0828. The summed E-state index contributed by atoms with van der Waals surface area (Å²) < 4.78 is 1.49. The lowest BCUT2D eigenvalue weighted by Gasteiger charge is -2.09. The molecule has 0 saturated heterocycles. The van der Waals surface area contributed by atoms with Crippen LogP contribution in [0.4, 0.5) is 0 Å². The highest BCUT2D eigenvalue weighted by Gasteiger charge is 2.18. The smallest absolute Gasteiger partial charge is 0.258 e. The zero-order valence-corrected chi connectivity index (χ0v) is 11.4. The maximum absolute atomic E-state index is 11.8. The number of carbonyl (C=O) groups excluding carboxylic acids is 1. The molecule has 0 fully saturated rings. The molecule has 1 aromatic carbocycles. The van der Waals surface area contributed by atoms with E-state index in [1.54, 1.807) is 38.4 Å². The molecular formula is C12H11Cl2N3O. The average molecular weight is 284 g/mol. The molecule has 0 N–H and O–H groups in total. The molecule has 0 aliphatic rings. The van der Waals surface area contributed by atoms with Crippen molar-refractivity contribution in [3.05, 3.63) is 46.2 Å². The van der Waals surface area contributed by atoms with Gasteiger partial charge in [-0.3, -0.25) is 4.79 Å². The third kappa shape index (κ3) is 2.35. The summed E-state index contributed by atoms with van der Waals surface area (Å²) in [5.74, 6) is -0.180. The van der Waals surface area contributed by atoms with Crippen LogP contribution in [0.2, 0.25) is 10.2 Å². The molecule has 0 unspecified atom stereocenters. The number of nitrogens with zero attached hydrogens (tertiary/aromatic N) is 3. The molecule has 4 nitrogen and oxygen atoms in total. The van der Waals surface area contributed by atoms with Gasteiger partial charge in [0.15, 0.2) is 0 Å². The molecule has 1 aromatic heterocycles. The van der Waals surface area contributed by atoms with Crippen LogP contribution in [0.5, 0.6) is 0 Å². The van der Waals surface area contributed by atoms with Crippen LogP contribution >= 0.6 is 23.2 Å². The molecule has 94 valence electrons. The van der Waals surface area contributed by atoms with Crippen LogP contribution < -0.4 is 0 Å². The van der Waals surface area contributed by atoms with Gasteiger partial charge < -0.3 is 4.90 Å². The van der Waals surface area contributed by atoms with E-state index in [0.717, 1.165) is 5.69 Å². The van der Waals surface area contributed by atoms with Gasteiger partial charge in [-0.2, -0.15) is 5.10 Å². The molecule has 0 atom stereocenters. The maximum atomic E-state index is 11.8. The van der Waals surface area contributed by atoms with Gasteiger partial charge in [-0.1, -0.05) is 23.2 Å². The summed E-state index contributed by atoms with van der Waals surface area (Å²) in [4.78, 5) is 13.3. The van der Waals surface area contributed by atoms with Crippen LogP contribution in [-0.2, 0) is 0 Å². The number of carbonyl (C=O) groups is 1. The van der Waals surface area contributed by atoms with Crippen LogP contribution in [0.1, 0.15) is 10.4 Å². The number of amides is 1. The molecule has 0 radical (unpaired) electrons. The van der Waals surface area contributed by atoms with E-state index in [1.165, 1.54) is 15.8 Å². The maximum Gasteiger partial charge on any atom is 0.258 e. The van der Waals surface area contributed by atoms with E-state index in [4.69, 9.17) is 23.2 Å². The molecule has 0 saturated carbocycles. The Kier molecular flexibility index (Phi) is 3.59. The number of hydrogen-bond acceptors (Lipinski definition) is 2. The van der Waals surface area contributed by atoms with Crippen LogP contribution in [0.25, 0.3) is 5.69 Å². The fourth-order valence-electron chi connectivity index (χ4n) is 1.48. The molecule has 0 aliphatic heterocycles. The van der Waals surface area contributed by atoms with E-state index in [1.807, 2.05) is 0 Å². The Labute approximate surface area is 115 Å². The van der Waals surface area contributed by atoms with Crippen molar-refractivity contribution in [1.82, 2.24) is 14.7 Å². The molecule has 0 bridgehead atoms. The standard InChI is InChI=1S/C12H11Cl2N3O/c1-16(2)12(18)10-7-15-17(11(10)14)9-5-3-8(13)4-6-9/h3-7H,1-2H3. The van der Waals surface area contributed by atoms with Crippen LogP contribution in [0.15, 0.2) is 30.5 Å². The minimum atomic E-state index is -0.180. The minimum absolute atomic E-state index is 0.180. The first-order valence-corrected chi connectivity index (χ1v) is 5.97. The Balaban J connectivity index is 2.42. The van der Waals surface area contributed by atoms with E-state index in [0.29, 0.717) is 10.6 Å². The van der Waals surface area contributed by atoms with Crippen molar-refractivity contribution in [3.8, 4) is 5.69 Å². The van der Waals surface area contributed by atoms with Crippen molar-refractivity contribution < 1.29 is 4.79 Å². The molecular weight excluding hydrogens is 273 g/mol. The van der Waals surface area contributed by atoms with Crippen molar-refractivity contribution in [2.24, 2.45) is 0 Å². The van der Waals surface area contributed by atoms with Gasteiger partial charge in [0.1, 0.15) is 5.15 Å². The Bertz CT molecular complexity index is 576. The second kappa shape index (κ2) is 5.00. The second-order valence-electron chi connectivity index (χ2n) is 3.94. The predicted octanol–water partition coefficient (Wildman–Crippen LogP) is 2.88. The Morgan fingerprint density at radius 3 is 2.39 bits per heavy atom. The topological polar surface area (TPSA) is 38.1 Å². The van der Waals surface area contributed by atoms with Crippen molar-refractivity contribution in [2.45, 2.75) is 0 Å². The number of rotatable bonds is 2. The third-order valence-corrected chi connectivity index (χ3v) is 3.03. The van der Waals surface area contributed by atoms with Crippen molar-refractivity contribution >= 4 is 29.1 Å². The summed E-state index contributed by atoms with van der Waals surface area (Å²) in [7, 11) is 3.33. The van der Waals surface area contributed by atoms with Gasteiger partial charge in [0.25, 0.3) is 5.91 Å². The van der Waals surface area contributed by atoms with Gasteiger partial charge in [0.2, 0.25) is 0 Å². The van der Waals surface area contributed by atoms with Crippen LogP contribution in [-0.4, -0.2) is 34.7 Å². The number of benzene rings is 1. The third-order valence-electron chi connectivity index (χ3n) is 2.42. The molecule has 18 heavy (non-hydrogen) atoms. The number of halogens is 2. The van der Waals surface area contributed by atoms with Gasteiger partial charge in [-0.05, 0) is 24.3 Å². The molecule has 6 heteroatoms. The van der Waals surface area contributed by atoms with Crippen molar-refractivity contribution in [1.29, 1.82) is 0 Å². The first kappa shape index (κ1) is 12.9. The predicted molar refractivity (Wildman–Crippen MR) is 71.6 cm³/mol. The number of aromatic nitrogens is 2. The van der Waals surface area contributed by atoms with E-state index < -0.39 is 0 Å². The van der Waals surface area contributed by atoms with E-state index in [2.05, 4.69) is 5.10 Å². The fraction of sp³-hybridized carbons (Fsp3) is 0.167. The van der Waals surface area contributed by atoms with Gasteiger partial charge in [0, 0.05) is 19.1 Å². The number of hydrogen-bond donors (Lipinski definition) is 0. The SMILES string of the molecule is CN(C)C(=O)c1cnn(-c2ccc(Cl)cc2)c1Cl. The average Bonchev–Trinajstić information content (AvgIpc) is 2.71. The zero-order valence-electron chi connectivity index (χ0n) is 9.89. The summed E-state index contributed by atoms with van der Waals surface area (Å²) in [6, 6.07) is 7.04. The van der Waals surface area contributed by atoms with E-state index in [-0.39, 0.29) is 11.1 Å². The second-order valence-corrected chi connectivity index (χ2v) is 4.73. The van der Waals surface area contributed by atoms with Crippen LogP contribution in [0.3, 0.4) is 0 Å². The summed E-state index contributed by atoms with van der Waals surface area (Å²) in [6.07, 6.45) is 1.46. The first-order chi connectivity index (χ1) is 8.50. The van der Waals surface area contributed by atoms with Gasteiger partial charge in [0.05, 0.1) is 17.4 Å². The molecule has 2 aromatic rings. The lowest BCUT2D eigenvalue weighted by atomic mass is 10.3. The van der Waals surface area contributed by atoms with Crippen LogP contribution in [0, 0.1) is 0 Å². The molecule has 2 rings (SSSR count). The molecule has 1 amide bonds. The van der Waals surface area contributed by atoms with Crippen molar-refractivity contribution in [2.75, 3.05) is 14.1 Å². The van der Waals surface area contributed by atoms with Crippen molar-refractivity contribution in [3.63, 3.8) is 0 Å². The summed E-state index contributed by atoms with van der Waals surface area (Å²) in [6.45, 7) is 0. The minimum Gasteiger partial charge on any atom is -0.345 e. The molecule has 1 heterocycles. The fourth-order valence-corrected chi connectivity index (χ4v) is 1.88. The highest BCUT2D eigenvalue weighted by atomic mass is 35.5. The molecule has 0 spiro atoms. The lowest BCUT2D eigenvalue weighted by Crippen LogP contribution is -2.21. The molecule has 0 aliphatic carbocycles. The Hall–Kier alpha value is -1.52.